The lowest BCUT2D eigenvalue weighted by atomic mass is 10.2. The van der Waals surface area contributed by atoms with Crippen LogP contribution in [0.2, 0.25) is 0 Å². The molecular formula is C20H22F3N3O4. The first kappa shape index (κ1) is 23.0. The Hall–Kier alpha value is -3.27. The summed E-state index contributed by atoms with van der Waals surface area (Å²) >= 11 is 0. The molecule has 0 bridgehead atoms. The number of hydrogen-bond acceptors (Lipinski definition) is 5. The van der Waals surface area contributed by atoms with Crippen molar-refractivity contribution in [2.24, 2.45) is 0 Å². The van der Waals surface area contributed by atoms with E-state index >= 15 is 0 Å². The van der Waals surface area contributed by atoms with Crippen LogP contribution in [0.3, 0.4) is 0 Å². The van der Waals surface area contributed by atoms with Crippen molar-refractivity contribution >= 4 is 23.2 Å². The number of ether oxygens (including phenoxy) is 2. The predicted octanol–water partition coefficient (Wildman–Crippen LogP) is 3.62. The molecule has 0 heterocycles. The number of amides is 2. The van der Waals surface area contributed by atoms with E-state index in [4.69, 9.17) is 4.74 Å². The maximum atomic E-state index is 12.4. The van der Waals surface area contributed by atoms with Crippen LogP contribution in [-0.2, 0) is 16.1 Å². The van der Waals surface area contributed by atoms with Crippen molar-refractivity contribution in [1.82, 2.24) is 4.90 Å². The molecule has 0 aromatic heterocycles. The van der Waals surface area contributed by atoms with Gasteiger partial charge in [0.15, 0.2) is 0 Å². The number of carbonyl (C=O) groups is 2. The normalized spacial score (nSPS) is 11.2. The zero-order valence-corrected chi connectivity index (χ0v) is 16.7. The fourth-order valence-electron chi connectivity index (χ4n) is 2.69. The van der Waals surface area contributed by atoms with Gasteiger partial charge in [0, 0.05) is 19.2 Å². The molecule has 30 heavy (non-hydrogen) atoms. The molecule has 0 aliphatic heterocycles. The molecule has 2 amide bonds. The number of alkyl halides is 3. The lowest BCUT2D eigenvalue weighted by Crippen LogP contribution is -2.30. The van der Waals surface area contributed by atoms with Gasteiger partial charge in [-0.3, -0.25) is 14.5 Å². The molecule has 0 fully saturated rings. The fourth-order valence-corrected chi connectivity index (χ4v) is 2.69. The first-order valence-electron chi connectivity index (χ1n) is 8.84. The number of halogens is 3. The van der Waals surface area contributed by atoms with Crippen LogP contribution in [0.4, 0.5) is 24.5 Å². The molecule has 0 aliphatic rings. The molecular weight excluding hydrogens is 403 g/mol. The van der Waals surface area contributed by atoms with Gasteiger partial charge < -0.3 is 20.1 Å². The lowest BCUT2D eigenvalue weighted by Gasteiger charge is -2.18. The average Bonchev–Trinajstić information content (AvgIpc) is 2.61. The Kier molecular flexibility index (Phi) is 7.65. The number of likely N-dealkylation sites (N-methyl/N-ethyl adjacent to an activating group) is 1. The largest absolute Gasteiger partial charge is 0.573 e. The van der Waals surface area contributed by atoms with Crippen molar-refractivity contribution < 1.29 is 32.2 Å². The lowest BCUT2D eigenvalue weighted by molar-refractivity contribution is -0.274. The molecule has 162 valence electrons. The summed E-state index contributed by atoms with van der Waals surface area (Å²) in [5.74, 6) is -0.449. The van der Waals surface area contributed by atoms with Gasteiger partial charge in [0.05, 0.1) is 19.3 Å². The SMILES string of the molecule is COc1ccc(NC(C)=O)cc1NC(=O)CN(C)Cc1ccc(OC(F)(F)F)cc1. The second kappa shape index (κ2) is 9.97. The summed E-state index contributed by atoms with van der Waals surface area (Å²) in [6.45, 7) is 1.73. The molecule has 0 saturated heterocycles. The highest BCUT2D eigenvalue weighted by Gasteiger charge is 2.30. The first-order valence-corrected chi connectivity index (χ1v) is 8.84. The van der Waals surface area contributed by atoms with Gasteiger partial charge in [0.1, 0.15) is 11.5 Å². The van der Waals surface area contributed by atoms with Gasteiger partial charge in [-0.25, -0.2) is 0 Å². The standard InChI is InChI=1S/C20H22F3N3O4/c1-13(27)24-15-6-9-18(29-3)17(10-15)25-19(28)12-26(2)11-14-4-7-16(8-5-14)30-20(21,22)23/h4-10H,11-12H2,1-3H3,(H,24,27)(H,25,28). The van der Waals surface area contributed by atoms with Crippen LogP contribution in [0, 0.1) is 0 Å². The van der Waals surface area contributed by atoms with Crippen LogP contribution in [-0.4, -0.2) is 43.8 Å². The highest BCUT2D eigenvalue weighted by atomic mass is 19.4. The highest BCUT2D eigenvalue weighted by molar-refractivity contribution is 5.95. The van der Waals surface area contributed by atoms with Gasteiger partial charge in [-0.05, 0) is 42.9 Å². The van der Waals surface area contributed by atoms with Crippen molar-refractivity contribution in [2.75, 3.05) is 31.3 Å². The van der Waals surface area contributed by atoms with E-state index in [9.17, 15) is 22.8 Å². The van der Waals surface area contributed by atoms with Crippen LogP contribution in [0.5, 0.6) is 11.5 Å². The summed E-state index contributed by atoms with van der Waals surface area (Å²) in [7, 11) is 3.16. The Bertz CT molecular complexity index is 886. The first-order chi connectivity index (χ1) is 14.1. The summed E-state index contributed by atoms with van der Waals surface area (Å²) in [5.41, 5.74) is 1.62. The Balaban J connectivity index is 1.95. The third-order valence-electron chi connectivity index (χ3n) is 3.82. The van der Waals surface area contributed by atoms with Crippen molar-refractivity contribution in [3.8, 4) is 11.5 Å². The molecule has 2 N–H and O–H groups in total. The number of nitrogens with one attached hydrogen (secondary N) is 2. The van der Waals surface area contributed by atoms with Gasteiger partial charge in [-0.2, -0.15) is 0 Å². The number of anilines is 2. The van der Waals surface area contributed by atoms with E-state index in [0.717, 1.165) is 0 Å². The monoisotopic (exact) mass is 425 g/mol. The maximum Gasteiger partial charge on any atom is 0.573 e. The van der Waals surface area contributed by atoms with Crippen LogP contribution in [0.1, 0.15) is 12.5 Å². The summed E-state index contributed by atoms with van der Waals surface area (Å²) in [6.07, 6.45) is -4.74. The van der Waals surface area contributed by atoms with Crippen LogP contribution < -0.4 is 20.1 Å². The van der Waals surface area contributed by atoms with Crippen LogP contribution >= 0.6 is 0 Å². The fraction of sp³-hybridized carbons (Fsp3) is 0.300. The molecule has 0 spiro atoms. The minimum Gasteiger partial charge on any atom is -0.495 e. The summed E-state index contributed by atoms with van der Waals surface area (Å²) in [5, 5.41) is 5.35. The van der Waals surface area contributed by atoms with E-state index in [1.807, 2.05) is 0 Å². The summed E-state index contributed by atoms with van der Waals surface area (Å²) in [6, 6.07) is 10.3. The molecule has 0 unspecified atom stereocenters. The molecule has 2 aromatic carbocycles. The third-order valence-corrected chi connectivity index (χ3v) is 3.82. The average molecular weight is 425 g/mol. The Morgan fingerprint density at radius 2 is 1.73 bits per heavy atom. The van der Waals surface area contributed by atoms with Gasteiger partial charge >= 0.3 is 6.36 Å². The minimum absolute atomic E-state index is 0.0221. The zero-order chi connectivity index (χ0) is 22.3. The second-order valence-corrected chi connectivity index (χ2v) is 6.51. The van der Waals surface area contributed by atoms with E-state index in [1.165, 1.54) is 38.3 Å². The Morgan fingerprint density at radius 1 is 1.07 bits per heavy atom. The predicted molar refractivity (Wildman–Crippen MR) is 105 cm³/mol. The Labute approximate surface area is 171 Å². The van der Waals surface area contributed by atoms with Crippen molar-refractivity contribution in [3.63, 3.8) is 0 Å². The number of rotatable bonds is 8. The maximum absolute atomic E-state index is 12.4. The second-order valence-electron chi connectivity index (χ2n) is 6.51. The smallest absolute Gasteiger partial charge is 0.495 e. The molecule has 0 saturated carbocycles. The number of nitrogens with zero attached hydrogens (tertiary/aromatic N) is 1. The number of benzene rings is 2. The van der Waals surface area contributed by atoms with Crippen LogP contribution in [0.15, 0.2) is 42.5 Å². The quantitative estimate of drug-likeness (QED) is 0.675. The Morgan fingerprint density at radius 3 is 2.30 bits per heavy atom. The van der Waals surface area contributed by atoms with Crippen LogP contribution in [0.25, 0.3) is 0 Å². The molecule has 0 atom stereocenters. The highest BCUT2D eigenvalue weighted by Crippen LogP contribution is 2.28. The van der Waals surface area contributed by atoms with Gasteiger partial charge in [-0.1, -0.05) is 12.1 Å². The zero-order valence-electron chi connectivity index (χ0n) is 16.7. The van der Waals surface area contributed by atoms with Gasteiger partial charge in [-0.15, -0.1) is 13.2 Å². The van der Waals surface area contributed by atoms with Crippen molar-refractivity contribution in [3.05, 3.63) is 48.0 Å². The summed E-state index contributed by atoms with van der Waals surface area (Å²) < 4.78 is 45.7. The molecule has 0 aliphatic carbocycles. The van der Waals surface area contributed by atoms with Crippen molar-refractivity contribution in [1.29, 1.82) is 0 Å². The molecule has 2 aromatic rings. The van der Waals surface area contributed by atoms with Gasteiger partial charge in [0.25, 0.3) is 0 Å². The molecule has 7 nitrogen and oxygen atoms in total. The van der Waals surface area contributed by atoms with E-state index < -0.39 is 6.36 Å². The molecule has 2 rings (SSSR count). The van der Waals surface area contributed by atoms with E-state index in [-0.39, 0.29) is 24.1 Å². The minimum atomic E-state index is -4.74. The summed E-state index contributed by atoms with van der Waals surface area (Å²) in [4.78, 5) is 25.3. The molecule has 0 radical (unpaired) electrons. The topological polar surface area (TPSA) is 79.9 Å². The number of carbonyl (C=O) groups excluding carboxylic acids is 2. The number of hydrogen-bond donors (Lipinski definition) is 2. The molecule has 10 heteroatoms. The van der Waals surface area contributed by atoms with E-state index in [1.54, 1.807) is 30.1 Å². The third kappa shape index (κ3) is 7.63. The van der Waals surface area contributed by atoms with E-state index in [2.05, 4.69) is 15.4 Å². The van der Waals surface area contributed by atoms with E-state index in [0.29, 0.717) is 29.2 Å². The number of methoxy groups -OCH3 is 1. The van der Waals surface area contributed by atoms with Gasteiger partial charge in [0.2, 0.25) is 11.8 Å². The van der Waals surface area contributed by atoms with Crippen molar-refractivity contribution in [2.45, 2.75) is 19.8 Å².